The van der Waals surface area contributed by atoms with Crippen LogP contribution in [0.4, 0.5) is 0 Å². The Hall–Kier alpha value is -0.470. The SMILES string of the molecule is CCC(NC)c1ccccc1SC(C)C. The predicted molar refractivity (Wildman–Crippen MR) is 69.5 cm³/mol. The number of hydrogen-bond acceptors (Lipinski definition) is 2. The lowest BCUT2D eigenvalue weighted by molar-refractivity contribution is 0.568. The highest BCUT2D eigenvalue weighted by atomic mass is 32.2. The van der Waals surface area contributed by atoms with Crippen LogP contribution in [0.3, 0.4) is 0 Å². The van der Waals surface area contributed by atoms with Gasteiger partial charge in [-0.15, -0.1) is 11.8 Å². The Morgan fingerprint density at radius 3 is 2.47 bits per heavy atom. The van der Waals surface area contributed by atoms with E-state index in [0.29, 0.717) is 11.3 Å². The van der Waals surface area contributed by atoms with Crippen molar-refractivity contribution in [3.63, 3.8) is 0 Å². The largest absolute Gasteiger partial charge is 0.313 e. The molecule has 1 aromatic rings. The molecule has 15 heavy (non-hydrogen) atoms. The minimum absolute atomic E-state index is 0.479. The molecule has 0 aliphatic carbocycles. The average Bonchev–Trinajstić information content (AvgIpc) is 2.21. The molecule has 1 unspecified atom stereocenters. The maximum atomic E-state index is 3.37. The summed E-state index contributed by atoms with van der Waals surface area (Å²) in [5, 5.41) is 4.01. The normalized spacial score (nSPS) is 13.1. The molecule has 0 heterocycles. The minimum Gasteiger partial charge on any atom is -0.313 e. The fourth-order valence-corrected chi connectivity index (χ4v) is 2.72. The summed E-state index contributed by atoms with van der Waals surface area (Å²) in [6, 6.07) is 9.18. The van der Waals surface area contributed by atoms with Gasteiger partial charge >= 0.3 is 0 Å². The van der Waals surface area contributed by atoms with Gasteiger partial charge in [0.15, 0.2) is 0 Å². The molecule has 0 bridgehead atoms. The Kier molecular flexibility index (Phi) is 5.20. The third-order valence-corrected chi connectivity index (χ3v) is 3.51. The fourth-order valence-electron chi connectivity index (χ4n) is 1.71. The molecule has 0 fully saturated rings. The Bertz CT molecular complexity index is 292. The zero-order valence-corrected chi connectivity index (χ0v) is 10.9. The van der Waals surface area contributed by atoms with Crippen LogP contribution < -0.4 is 5.32 Å². The van der Waals surface area contributed by atoms with Crippen LogP contribution in [-0.4, -0.2) is 12.3 Å². The van der Waals surface area contributed by atoms with E-state index in [4.69, 9.17) is 0 Å². The standard InChI is InChI=1S/C13H21NS/c1-5-12(14-4)11-8-6-7-9-13(11)15-10(2)3/h6-10,12,14H,5H2,1-4H3. The second-order valence-corrected chi connectivity index (χ2v) is 5.57. The molecule has 1 N–H and O–H groups in total. The van der Waals surface area contributed by atoms with Crippen LogP contribution >= 0.6 is 11.8 Å². The highest BCUT2D eigenvalue weighted by molar-refractivity contribution is 8.00. The first kappa shape index (κ1) is 12.6. The molecule has 1 nitrogen and oxygen atoms in total. The van der Waals surface area contributed by atoms with Crippen LogP contribution in [0.5, 0.6) is 0 Å². The van der Waals surface area contributed by atoms with Gasteiger partial charge in [0.1, 0.15) is 0 Å². The van der Waals surface area contributed by atoms with Gasteiger partial charge in [-0.25, -0.2) is 0 Å². The summed E-state index contributed by atoms with van der Waals surface area (Å²) < 4.78 is 0. The molecule has 1 aromatic carbocycles. The lowest BCUT2D eigenvalue weighted by Crippen LogP contribution is -2.16. The van der Waals surface area contributed by atoms with Crippen molar-refractivity contribution in [1.29, 1.82) is 0 Å². The first-order chi connectivity index (χ1) is 7.19. The summed E-state index contributed by atoms with van der Waals surface area (Å²) in [6.07, 6.45) is 1.13. The van der Waals surface area contributed by atoms with Crippen LogP contribution in [0.2, 0.25) is 0 Å². The fraction of sp³-hybridized carbons (Fsp3) is 0.538. The first-order valence-corrected chi connectivity index (χ1v) is 6.49. The van der Waals surface area contributed by atoms with Crippen molar-refractivity contribution < 1.29 is 0 Å². The molecular formula is C13H21NS. The molecule has 0 aliphatic rings. The van der Waals surface area contributed by atoms with Gasteiger partial charge in [-0.1, -0.05) is 39.0 Å². The second-order valence-electron chi connectivity index (χ2n) is 3.95. The Morgan fingerprint density at radius 1 is 1.27 bits per heavy atom. The monoisotopic (exact) mass is 223 g/mol. The third-order valence-electron chi connectivity index (χ3n) is 2.41. The van der Waals surface area contributed by atoms with Crippen molar-refractivity contribution in [1.82, 2.24) is 5.32 Å². The van der Waals surface area contributed by atoms with Crippen LogP contribution in [0, 0.1) is 0 Å². The van der Waals surface area contributed by atoms with Gasteiger partial charge in [0.25, 0.3) is 0 Å². The maximum Gasteiger partial charge on any atom is 0.0326 e. The second kappa shape index (κ2) is 6.19. The van der Waals surface area contributed by atoms with Crippen molar-refractivity contribution in [2.75, 3.05) is 7.05 Å². The number of rotatable bonds is 5. The molecule has 0 saturated heterocycles. The van der Waals surface area contributed by atoms with E-state index in [0.717, 1.165) is 6.42 Å². The highest BCUT2D eigenvalue weighted by Crippen LogP contribution is 2.31. The summed E-state index contributed by atoms with van der Waals surface area (Å²) in [4.78, 5) is 1.41. The van der Waals surface area contributed by atoms with Gasteiger partial charge in [-0.2, -0.15) is 0 Å². The molecule has 0 saturated carbocycles. The Balaban J connectivity index is 2.94. The molecule has 1 atom stereocenters. The van der Waals surface area contributed by atoms with E-state index < -0.39 is 0 Å². The Labute approximate surface area is 97.7 Å². The van der Waals surface area contributed by atoms with Gasteiger partial charge < -0.3 is 5.32 Å². The number of thioether (sulfide) groups is 1. The zero-order chi connectivity index (χ0) is 11.3. The van der Waals surface area contributed by atoms with Crippen LogP contribution in [0.1, 0.15) is 38.8 Å². The van der Waals surface area contributed by atoms with E-state index in [9.17, 15) is 0 Å². The molecule has 2 heteroatoms. The molecule has 0 aromatic heterocycles. The van der Waals surface area contributed by atoms with E-state index in [-0.39, 0.29) is 0 Å². The molecular weight excluding hydrogens is 202 g/mol. The van der Waals surface area contributed by atoms with Crippen molar-refractivity contribution in [3.8, 4) is 0 Å². The van der Waals surface area contributed by atoms with Crippen LogP contribution in [-0.2, 0) is 0 Å². The predicted octanol–water partition coefficient (Wildman–Crippen LogP) is 3.86. The van der Waals surface area contributed by atoms with Crippen molar-refractivity contribution >= 4 is 11.8 Å². The van der Waals surface area contributed by atoms with Gasteiger partial charge in [0, 0.05) is 16.2 Å². The van der Waals surface area contributed by atoms with Gasteiger partial charge in [0.2, 0.25) is 0 Å². The van der Waals surface area contributed by atoms with Crippen LogP contribution in [0.25, 0.3) is 0 Å². The number of hydrogen-bond donors (Lipinski definition) is 1. The molecule has 0 amide bonds. The molecule has 1 rings (SSSR count). The zero-order valence-electron chi connectivity index (χ0n) is 10.1. The van der Waals surface area contributed by atoms with Crippen LogP contribution in [0.15, 0.2) is 29.2 Å². The minimum atomic E-state index is 0.479. The summed E-state index contributed by atoms with van der Waals surface area (Å²) in [5.41, 5.74) is 1.43. The number of benzene rings is 1. The van der Waals surface area contributed by atoms with E-state index >= 15 is 0 Å². The third kappa shape index (κ3) is 3.54. The quantitative estimate of drug-likeness (QED) is 0.761. The lowest BCUT2D eigenvalue weighted by Gasteiger charge is -2.19. The molecule has 0 spiro atoms. The molecule has 0 radical (unpaired) electrons. The molecule has 84 valence electrons. The summed E-state index contributed by atoms with van der Waals surface area (Å²) in [7, 11) is 2.03. The van der Waals surface area contributed by atoms with Gasteiger partial charge in [-0.3, -0.25) is 0 Å². The van der Waals surface area contributed by atoms with Gasteiger partial charge in [-0.05, 0) is 25.1 Å². The van der Waals surface area contributed by atoms with Crippen molar-refractivity contribution in [2.24, 2.45) is 0 Å². The summed E-state index contributed by atoms with van der Waals surface area (Å²) in [5.74, 6) is 0. The highest BCUT2D eigenvalue weighted by Gasteiger charge is 2.11. The summed E-state index contributed by atoms with van der Waals surface area (Å²) in [6.45, 7) is 6.70. The van der Waals surface area contributed by atoms with E-state index in [2.05, 4.69) is 50.4 Å². The molecule has 0 aliphatic heterocycles. The van der Waals surface area contributed by atoms with Crippen molar-refractivity contribution in [2.45, 2.75) is 43.4 Å². The Morgan fingerprint density at radius 2 is 1.93 bits per heavy atom. The van der Waals surface area contributed by atoms with Gasteiger partial charge in [0.05, 0.1) is 0 Å². The van der Waals surface area contributed by atoms with E-state index in [1.807, 2.05) is 18.8 Å². The van der Waals surface area contributed by atoms with E-state index in [1.54, 1.807) is 0 Å². The van der Waals surface area contributed by atoms with Crippen molar-refractivity contribution in [3.05, 3.63) is 29.8 Å². The topological polar surface area (TPSA) is 12.0 Å². The first-order valence-electron chi connectivity index (χ1n) is 5.61. The number of nitrogens with one attached hydrogen (secondary N) is 1. The van der Waals surface area contributed by atoms with E-state index in [1.165, 1.54) is 10.5 Å². The summed E-state index contributed by atoms with van der Waals surface area (Å²) >= 11 is 1.94. The lowest BCUT2D eigenvalue weighted by atomic mass is 10.1. The average molecular weight is 223 g/mol. The maximum absolute atomic E-state index is 3.37. The smallest absolute Gasteiger partial charge is 0.0326 e.